The number of rotatable bonds is 5. The lowest BCUT2D eigenvalue weighted by atomic mass is 9.86. The molecule has 0 spiro atoms. The fraction of sp³-hybridized carbons (Fsp3) is 0.320. The van der Waals surface area contributed by atoms with E-state index in [1.54, 1.807) is 6.07 Å². The lowest BCUT2D eigenvalue weighted by Gasteiger charge is -2.22. The van der Waals surface area contributed by atoms with Crippen molar-refractivity contribution in [3.8, 4) is 11.3 Å². The van der Waals surface area contributed by atoms with Gasteiger partial charge in [0.05, 0.1) is 27.5 Å². The van der Waals surface area contributed by atoms with Crippen LogP contribution in [-0.4, -0.2) is 38.5 Å². The third-order valence-electron chi connectivity index (χ3n) is 6.57. The van der Waals surface area contributed by atoms with Gasteiger partial charge in [0, 0.05) is 17.7 Å². The summed E-state index contributed by atoms with van der Waals surface area (Å²) in [6.07, 6.45) is 3.64. The smallest absolute Gasteiger partial charge is 0.335 e. The Bertz CT molecular complexity index is 1280. The zero-order valence-corrected chi connectivity index (χ0v) is 18.5. The third-order valence-corrected chi connectivity index (χ3v) is 6.89. The van der Waals surface area contributed by atoms with Crippen LogP contribution in [0.3, 0.4) is 0 Å². The number of benzene rings is 2. The first-order chi connectivity index (χ1) is 15.9. The Labute approximate surface area is 194 Å². The molecular weight excluding hydrogens is 447 g/mol. The van der Waals surface area contributed by atoms with E-state index in [-0.39, 0.29) is 29.6 Å². The number of hydrogen-bond donors (Lipinski definition) is 2. The second kappa shape index (κ2) is 8.39. The molecule has 1 saturated carbocycles. The van der Waals surface area contributed by atoms with Crippen LogP contribution in [0.15, 0.2) is 36.4 Å². The number of carboxylic acid groups (broad SMARTS) is 1. The Balaban J connectivity index is 1.66. The molecule has 2 aliphatic carbocycles. The lowest BCUT2D eigenvalue weighted by Crippen LogP contribution is -2.24. The molecule has 0 bridgehead atoms. The predicted octanol–water partition coefficient (Wildman–Crippen LogP) is 4.70. The fourth-order valence-corrected chi connectivity index (χ4v) is 4.93. The first-order valence-corrected chi connectivity index (χ1v) is 11.3. The first-order valence-electron chi connectivity index (χ1n) is 11.0. The van der Waals surface area contributed by atoms with E-state index in [1.807, 2.05) is 12.1 Å². The van der Waals surface area contributed by atoms with Crippen molar-refractivity contribution < 1.29 is 24.2 Å². The quantitative estimate of drug-likeness (QED) is 0.566. The highest BCUT2D eigenvalue weighted by atomic mass is 35.5. The van der Waals surface area contributed by atoms with Gasteiger partial charge in [0.2, 0.25) is 0 Å². The summed E-state index contributed by atoms with van der Waals surface area (Å²) in [5.74, 6) is -2.04. The number of nitrogens with zero attached hydrogens (tertiary/aromatic N) is 2. The van der Waals surface area contributed by atoms with Gasteiger partial charge in [0.25, 0.3) is 5.91 Å². The van der Waals surface area contributed by atoms with Crippen molar-refractivity contribution in [3.05, 3.63) is 75.2 Å². The minimum Gasteiger partial charge on any atom is -0.478 e. The number of aliphatic hydroxyl groups excluding tert-OH is 1. The summed E-state index contributed by atoms with van der Waals surface area (Å²) < 4.78 is 16.2. The van der Waals surface area contributed by atoms with Gasteiger partial charge in [-0.15, -0.1) is 0 Å². The van der Waals surface area contributed by atoms with Crippen molar-refractivity contribution in [3.63, 3.8) is 0 Å². The molecule has 0 aliphatic heterocycles. The predicted molar refractivity (Wildman–Crippen MR) is 120 cm³/mol. The van der Waals surface area contributed by atoms with Crippen molar-refractivity contribution >= 4 is 23.5 Å². The molecule has 33 heavy (non-hydrogen) atoms. The molecule has 2 aromatic carbocycles. The second-order valence-electron chi connectivity index (χ2n) is 8.76. The molecule has 2 aliphatic rings. The van der Waals surface area contributed by atoms with Crippen LogP contribution in [0.1, 0.15) is 62.7 Å². The number of carboxylic acids is 1. The van der Waals surface area contributed by atoms with Crippen LogP contribution >= 0.6 is 11.6 Å². The molecule has 0 radical (unpaired) electrons. The standard InChI is InChI=1S/C25H22ClFN2O4/c26-19-3-1-2-16(14-5-6-14)22(19)24(31)29-21-10-13(12-30)4-8-18(21)23(28-29)17-9-7-15(25(32)33)11-20(17)27/h1-3,7,9,11,13-14,30H,4-6,8,10,12H2,(H,32,33)/t13-/m0/s1. The topological polar surface area (TPSA) is 92.4 Å². The highest BCUT2D eigenvalue weighted by Crippen LogP contribution is 2.44. The molecule has 8 heteroatoms. The number of aromatic carboxylic acids is 1. The molecular formula is C25H22ClFN2O4. The Morgan fingerprint density at radius 2 is 1.97 bits per heavy atom. The molecule has 170 valence electrons. The van der Waals surface area contributed by atoms with Gasteiger partial charge >= 0.3 is 5.97 Å². The summed E-state index contributed by atoms with van der Waals surface area (Å²) in [6, 6.07) is 9.10. The van der Waals surface area contributed by atoms with Gasteiger partial charge in [-0.2, -0.15) is 9.78 Å². The Morgan fingerprint density at radius 3 is 2.64 bits per heavy atom. The third kappa shape index (κ3) is 3.85. The minimum absolute atomic E-state index is 0.0186. The number of halogens is 2. The van der Waals surface area contributed by atoms with E-state index in [1.165, 1.54) is 16.8 Å². The Morgan fingerprint density at radius 1 is 1.18 bits per heavy atom. The number of aliphatic hydroxyl groups is 1. The summed E-state index contributed by atoms with van der Waals surface area (Å²) in [4.78, 5) is 25.0. The van der Waals surface area contributed by atoms with Crippen LogP contribution < -0.4 is 0 Å². The maximum Gasteiger partial charge on any atom is 0.335 e. The van der Waals surface area contributed by atoms with Crippen molar-refractivity contribution in [1.29, 1.82) is 0 Å². The molecule has 0 saturated heterocycles. The Kier molecular flexibility index (Phi) is 5.54. The SMILES string of the molecule is O=C(O)c1ccc(-c2nn(C(=O)c3c(Cl)cccc3C3CC3)c3c2CC[C@H](CO)C3)c(F)c1. The number of hydrogen-bond acceptors (Lipinski definition) is 4. The molecule has 1 fully saturated rings. The lowest BCUT2D eigenvalue weighted by molar-refractivity contribution is 0.0696. The van der Waals surface area contributed by atoms with Gasteiger partial charge in [-0.05, 0) is 73.8 Å². The zero-order chi connectivity index (χ0) is 23.3. The van der Waals surface area contributed by atoms with E-state index in [9.17, 15) is 19.1 Å². The molecule has 5 rings (SSSR count). The van der Waals surface area contributed by atoms with Gasteiger partial charge in [-0.25, -0.2) is 9.18 Å². The number of carbonyl (C=O) groups excluding carboxylic acids is 1. The molecule has 1 aromatic heterocycles. The van der Waals surface area contributed by atoms with Crippen LogP contribution in [0.4, 0.5) is 4.39 Å². The average molecular weight is 469 g/mol. The fourth-order valence-electron chi connectivity index (χ4n) is 4.67. The number of aromatic nitrogens is 2. The van der Waals surface area contributed by atoms with E-state index in [0.29, 0.717) is 47.2 Å². The van der Waals surface area contributed by atoms with Crippen LogP contribution in [0.5, 0.6) is 0 Å². The van der Waals surface area contributed by atoms with Gasteiger partial charge < -0.3 is 10.2 Å². The highest BCUT2D eigenvalue weighted by molar-refractivity contribution is 6.34. The maximum atomic E-state index is 14.9. The Hall–Kier alpha value is -3.03. The number of carbonyl (C=O) groups is 2. The van der Waals surface area contributed by atoms with E-state index in [0.717, 1.165) is 30.0 Å². The molecule has 1 heterocycles. The molecule has 1 atom stereocenters. The summed E-state index contributed by atoms with van der Waals surface area (Å²) in [5.41, 5.74) is 3.00. The average Bonchev–Trinajstić information content (AvgIpc) is 3.59. The van der Waals surface area contributed by atoms with Crippen LogP contribution in [0, 0.1) is 11.7 Å². The molecule has 0 unspecified atom stereocenters. The zero-order valence-electron chi connectivity index (χ0n) is 17.7. The van der Waals surface area contributed by atoms with Crippen LogP contribution in [0.2, 0.25) is 5.02 Å². The molecule has 6 nitrogen and oxygen atoms in total. The summed E-state index contributed by atoms with van der Waals surface area (Å²) in [6.45, 7) is -0.0186. The monoisotopic (exact) mass is 468 g/mol. The van der Waals surface area contributed by atoms with Gasteiger partial charge in [0.1, 0.15) is 5.82 Å². The molecule has 0 amide bonds. The van der Waals surface area contributed by atoms with Gasteiger partial charge in [-0.1, -0.05) is 23.7 Å². The second-order valence-corrected chi connectivity index (χ2v) is 9.17. The van der Waals surface area contributed by atoms with Crippen LogP contribution in [-0.2, 0) is 12.8 Å². The van der Waals surface area contributed by atoms with E-state index in [2.05, 4.69) is 5.10 Å². The maximum absolute atomic E-state index is 14.9. The molecule has 3 aromatic rings. The first kappa shape index (κ1) is 21.8. The highest BCUT2D eigenvalue weighted by Gasteiger charge is 2.34. The largest absolute Gasteiger partial charge is 0.478 e. The van der Waals surface area contributed by atoms with Crippen LogP contribution in [0.25, 0.3) is 11.3 Å². The molecule has 2 N–H and O–H groups in total. The van der Waals surface area contributed by atoms with Gasteiger partial charge in [-0.3, -0.25) is 4.79 Å². The normalized spacial score (nSPS) is 17.6. The van der Waals surface area contributed by atoms with Crippen molar-refractivity contribution in [2.75, 3.05) is 6.61 Å². The van der Waals surface area contributed by atoms with E-state index in [4.69, 9.17) is 16.7 Å². The summed E-state index contributed by atoms with van der Waals surface area (Å²) in [5, 5.41) is 23.8. The van der Waals surface area contributed by atoms with Gasteiger partial charge in [0.15, 0.2) is 0 Å². The summed E-state index contributed by atoms with van der Waals surface area (Å²) >= 11 is 6.46. The van der Waals surface area contributed by atoms with E-state index >= 15 is 0 Å². The van der Waals surface area contributed by atoms with Crippen molar-refractivity contribution in [2.45, 2.75) is 38.0 Å². The number of fused-ring (bicyclic) bond motifs is 1. The van der Waals surface area contributed by atoms with Crippen molar-refractivity contribution in [2.24, 2.45) is 5.92 Å². The summed E-state index contributed by atoms with van der Waals surface area (Å²) in [7, 11) is 0. The van der Waals surface area contributed by atoms with Crippen molar-refractivity contribution in [1.82, 2.24) is 9.78 Å². The van der Waals surface area contributed by atoms with E-state index < -0.39 is 11.8 Å². The minimum atomic E-state index is -1.22.